The van der Waals surface area contributed by atoms with Crippen molar-refractivity contribution in [1.29, 1.82) is 0 Å². The van der Waals surface area contributed by atoms with Gasteiger partial charge in [-0.3, -0.25) is 4.79 Å². The first-order chi connectivity index (χ1) is 15.8. The standard InChI is InChI=1S/C24H26Cl2FN3O3/c1-28(23(31)12-16-2-5-18(27)6-3-16)22-15-30(24(32)29-8-10-33-11-9-29)14-19(22)17-4-7-20(25)21(26)13-17/h2-7,13,19,22H,8-12,14-15H2,1H3/t19-,22+/m1/s1. The van der Waals surface area contributed by atoms with Gasteiger partial charge in [-0.2, -0.15) is 0 Å². The lowest BCUT2D eigenvalue weighted by Crippen LogP contribution is -2.48. The second-order valence-electron chi connectivity index (χ2n) is 8.44. The average molecular weight is 494 g/mol. The van der Waals surface area contributed by atoms with Crippen molar-refractivity contribution in [3.8, 4) is 0 Å². The zero-order valence-corrected chi connectivity index (χ0v) is 19.9. The lowest BCUT2D eigenvalue weighted by molar-refractivity contribution is -0.131. The third-order valence-corrected chi connectivity index (χ3v) is 7.11. The van der Waals surface area contributed by atoms with E-state index in [0.717, 1.165) is 11.1 Å². The topological polar surface area (TPSA) is 53.1 Å². The number of amides is 3. The number of likely N-dealkylation sites (tertiary alicyclic amines) is 1. The number of urea groups is 1. The predicted molar refractivity (Wildman–Crippen MR) is 125 cm³/mol. The van der Waals surface area contributed by atoms with Gasteiger partial charge >= 0.3 is 6.03 Å². The Bertz CT molecular complexity index is 1010. The van der Waals surface area contributed by atoms with Crippen LogP contribution in [0.2, 0.25) is 10.0 Å². The first kappa shape index (κ1) is 23.8. The molecule has 0 spiro atoms. The van der Waals surface area contributed by atoms with Gasteiger partial charge in [-0.15, -0.1) is 0 Å². The molecule has 33 heavy (non-hydrogen) atoms. The van der Waals surface area contributed by atoms with Crippen LogP contribution in [-0.4, -0.2) is 79.1 Å². The Morgan fingerprint density at radius 1 is 1.03 bits per heavy atom. The summed E-state index contributed by atoms with van der Waals surface area (Å²) in [6.07, 6.45) is 0.152. The minimum atomic E-state index is -0.340. The van der Waals surface area contributed by atoms with Crippen molar-refractivity contribution in [3.63, 3.8) is 0 Å². The highest BCUT2D eigenvalue weighted by Crippen LogP contribution is 2.35. The van der Waals surface area contributed by atoms with Crippen molar-refractivity contribution in [2.24, 2.45) is 0 Å². The first-order valence-electron chi connectivity index (χ1n) is 10.9. The van der Waals surface area contributed by atoms with E-state index in [0.29, 0.717) is 49.4 Å². The van der Waals surface area contributed by atoms with E-state index in [2.05, 4.69) is 0 Å². The quantitative estimate of drug-likeness (QED) is 0.645. The monoisotopic (exact) mass is 493 g/mol. The van der Waals surface area contributed by atoms with E-state index >= 15 is 0 Å². The van der Waals surface area contributed by atoms with Gasteiger partial charge in [-0.1, -0.05) is 41.4 Å². The smallest absolute Gasteiger partial charge is 0.320 e. The molecule has 2 fully saturated rings. The largest absolute Gasteiger partial charge is 0.378 e. The maximum atomic E-state index is 13.2. The molecule has 2 heterocycles. The first-order valence-corrected chi connectivity index (χ1v) is 11.7. The van der Waals surface area contributed by atoms with Crippen molar-refractivity contribution in [1.82, 2.24) is 14.7 Å². The Morgan fingerprint density at radius 2 is 1.73 bits per heavy atom. The predicted octanol–water partition coefficient (Wildman–Crippen LogP) is 4.05. The van der Waals surface area contributed by atoms with Gasteiger partial charge in [0.25, 0.3) is 0 Å². The van der Waals surface area contributed by atoms with Crippen LogP contribution in [0.1, 0.15) is 17.0 Å². The molecule has 2 aromatic carbocycles. The van der Waals surface area contributed by atoms with Crippen LogP contribution in [0, 0.1) is 5.82 Å². The van der Waals surface area contributed by atoms with Crippen LogP contribution in [0.5, 0.6) is 0 Å². The number of hydrogen-bond donors (Lipinski definition) is 0. The summed E-state index contributed by atoms with van der Waals surface area (Å²) in [6.45, 7) is 3.03. The lowest BCUT2D eigenvalue weighted by atomic mass is 9.93. The number of benzene rings is 2. The molecule has 0 bridgehead atoms. The minimum Gasteiger partial charge on any atom is -0.378 e. The molecule has 0 unspecified atom stereocenters. The van der Waals surface area contributed by atoms with Gasteiger partial charge in [0.2, 0.25) is 5.91 Å². The van der Waals surface area contributed by atoms with Crippen LogP contribution >= 0.6 is 23.2 Å². The summed E-state index contributed by atoms with van der Waals surface area (Å²) in [7, 11) is 1.75. The third-order valence-electron chi connectivity index (χ3n) is 6.37. The van der Waals surface area contributed by atoms with Crippen LogP contribution in [-0.2, 0) is 16.0 Å². The molecule has 176 valence electrons. The highest BCUT2D eigenvalue weighted by atomic mass is 35.5. The molecule has 0 aromatic heterocycles. The van der Waals surface area contributed by atoms with Crippen LogP contribution in [0.4, 0.5) is 9.18 Å². The molecule has 0 saturated carbocycles. The van der Waals surface area contributed by atoms with Crippen molar-refractivity contribution in [2.45, 2.75) is 18.4 Å². The number of carbonyl (C=O) groups excluding carboxylic acids is 2. The van der Waals surface area contributed by atoms with Gasteiger partial charge in [-0.25, -0.2) is 9.18 Å². The van der Waals surface area contributed by atoms with E-state index in [1.807, 2.05) is 12.1 Å². The molecule has 9 heteroatoms. The maximum Gasteiger partial charge on any atom is 0.320 e. The normalized spacial score (nSPS) is 20.7. The summed E-state index contributed by atoms with van der Waals surface area (Å²) in [6, 6.07) is 11.1. The molecule has 2 aliphatic rings. The fraction of sp³-hybridized carbons (Fsp3) is 0.417. The molecule has 0 N–H and O–H groups in total. The molecule has 2 aliphatic heterocycles. The second-order valence-corrected chi connectivity index (χ2v) is 9.26. The van der Waals surface area contributed by atoms with Crippen LogP contribution in [0.25, 0.3) is 0 Å². The van der Waals surface area contributed by atoms with Crippen LogP contribution in [0.3, 0.4) is 0 Å². The number of hydrogen-bond acceptors (Lipinski definition) is 3. The van der Waals surface area contributed by atoms with Gasteiger partial charge in [0.05, 0.1) is 35.7 Å². The number of nitrogens with zero attached hydrogens (tertiary/aromatic N) is 3. The van der Waals surface area contributed by atoms with E-state index < -0.39 is 0 Å². The Hall–Kier alpha value is -2.35. The summed E-state index contributed by atoms with van der Waals surface area (Å²) < 4.78 is 18.6. The molecule has 6 nitrogen and oxygen atoms in total. The summed E-state index contributed by atoms with van der Waals surface area (Å²) in [5.74, 6) is -0.559. The average Bonchev–Trinajstić information content (AvgIpc) is 3.27. The van der Waals surface area contributed by atoms with E-state index in [1.54, 1.807) is 39.9 Å². The number of ether oxygens (including phenoxy) is 1. The van der Waals surface area contributed by atoms with Gasteiger partial charge in [0.1, 0.15) is 5.82 Å². The highest BCUT2D eigenvalue weighted by Gasteiger charge is 2.41. The zero-order chi connectivity index (χ0) is 23.5. The number of likely N-dealkylation sites (N-methyl/N-ethyl adjacent to an activating group) is 1. The fourth-order valence-corrected chi connectivity index (χ4v) is 4.75. The molecule has 0 aliphatic carbocycles. The van der Waals surface area contributed by atoms with E-state index in [1.165, 1.54) is 12.1 Å². The van der Waals surface area contributed by atoms with Crippen molar-refractivity contribution in [2.75, 3.05) is 46.4 Å². The number of rotatable bonds is 4. The molecule has 2 atom stereocenters. The van der Waals surface area contributed by atoms with Crippen molar-refractivity contribution < 1.29 is 18.7 Å². The van der Waals surface area contributed by atoms with Gasteiger partial charge in [0.15, 0.2) is 0 Å². The molecule has 0 radical (unpaired) electrons. The van der Waals surface area contributed by atoms with Crippen LogP contribution < -0.4 is 0 Å². The summed E-state index contributed by atoms with van der Waals surface area (Å²) in [5, 5.41) is 0.892. The molecule has 2 aromatic rings. The van der Waals surface area contributed by atoms with E-state index in [-0.39, 0.29) is 36.1 Å². The number of halogens is 3. The summed E-state index contributed by atoms with van der Waals surface area (Å²) >= 11 is 12.4. The van der Waals surface area contributed by atoms with Gasteiger partial charge in [-0.05, 0) is 35.4 Å². The van der Waals surface area contributed by atoms with Gasteiger partial charge < -0.3 is 19.4 Å². The van der Waals surface area contributed by atoms with Crippen molar-refractivity contribution in [3.05, 3.63) is 69.5 Å². The zero-order valence-electron chi connectivity index (χ0n) is 18.3. The SMILES string of the molecule is CN(C(=O)Cc1ccc(F)cc1)[C@H]1CN(C(=O)N2CCOCC2)C[C@@H]1c1ccc(Cl)c(Cl)c1. The molecular weight excluding hydrogens is 468 g/mol. The second kappa shape index (κ2) is 10.3. The maximum absolute atomic E-state index is 13.2. The molecule has 2 saturated heterocycles. The molecular formula is C24H26Cl2FN3O3. The Labute approximate surface area is 202 Å². The Balaban J connectivity index is 1.55. The van der Waals surface area contributed by atoms with E-state index in [4.69, 9.17) is 27.9 Å². The highest BCUT2D eigenvalue weighted by molar-refractivity contribution is 6.42. The number of morpholine rings is 1. The Morgan fingerprint density at radius 3 is 2.39 bits per heavy atom. The minimum absolute atomic E-state index is 0.0507. The van der Waals surface area contributed by atoms with Gasteiger partial charge in [0, 0.05) is 39.1 Å². The molecule has 3 amide bonds. The fourth-order valence-electron chi connectivity index (χ4n) is 4.45. The molecule has 4 rings (SSSR count). The lowest BCUT2D eigenvalue weighted by Gasteiger charge is -2.31. The summed E-state index contributed by atoms with van der Waals surface area (Å²) in [4.78, 5) is 31.6. The Kier molecular flexibility index (Phi) is 7.41. The number of carbonyl (C=O) groups is 2. The summed E-state index contributed by atoms with van der Waals surface area (Å²) in [5.41, 5.74) is 1.66. The van der Waals surface area contributed by atoms with Crippen LogP contribution in [0.15, 0.2) is 42.5 Å². The van der Waals surface area contributed by atoms with E-state index in [9.17, 15) is 14.0 Å². The van der Waals surface area contributed by atoms with Crippen molar-refractivity contribution >= 4 is 35.1 Å². The third kappa shape index (κ3) is 5.42.